The van der Waals surface area contributed by atoms with Gasteiger partial charge in [0.2, 0.25) is 5.91 Å². The van der Waals surface area contributed by atoms with Crippen molar-refractivity contribution in [2.45, 2.75) is 116 Å². The molecule has 9 heteroatoms. The summed E-state index contributed by atoms with van der Waals surface area (Å²) in [6, 6.07) is 1.44. The SMILES string of the molecule is CC(C)COc1cc(=O)n(CC(=O)NC23CCC(NC(=O)OC(C)(C)C)(CC2)CC3)nc1C(C)C. The van der Waals surface area contributed by atoms with Crippen LogP contribution in [0.3, 0.4) is 0 Å². The number of ether oxygens (including phenoxy) is 2. The zero-order chi connectivity index (χ0) is 26.0. The van der Waals surface area contributed by atoms with Crippen molar-refractivity contribution in [1.82, 2.24) is 20.4 Å². The van der Waals surface area contributed by atoms with Crippen LogP contribution in [0.25, 0.3) is 0 Å². The molecule has 35 heavy (non-hydrogen) atoms. The summed E-state index contributed by atoms with van der Waals surface area (Å²) < 4.78 is 12.5. The normalized spacial score (nSPS) is 23.9. The highest BCUT2D eigenvalue weighted by molar-refractivity contribution is 5.76. The summed E-state index contributed by atoms with van der Waals surface area (Å²) in [5, 5.41) is 10.8. The van der Waals surface area contributed by atoms with Gasteiger partial charge in [-0.05, 0) is 65.2 Å². The van der Waals surface area contributed by atoms with Crippen molar-refractivity contribution in [2.75, 3.05) is 6.61 Å². The summed E-state index contributed by atoms with van der Waals surface area (Å²) in [5.41, 5.74) is -0.801. The smallest absolute Gasteiger partial charge is 0.408 e. The molecular weight excluding hydrogens is 448 g/mol. The molecule has 1 heterocycles. The van der Waals surface area contributed by atoms with Gasteiger partial charge < -0.3 is 20.1 Å². The first-order chi connectivity index (χ1) is 16.2. The lowest BCUT2D eigenvalue weighted by Gasteiger charge is -2.53. The fraction of sp³-hybridized carbons (Fsp3) is 0.769. The number of hydrogen-bond donors (Lipinski definition) is 2. The van der Waals surface area contributed by atoms with Crippen LogP contribution < -0.4 is 20.9 Å². The number of hydrogen-bond acceptors (Lipinski definition) is 6. The average Bonchev–Trinajstić information content (AvgIpc) is 2.73. The molecule has 0 aromatic carbocycles. The molecule has 2 amide bonds. The highest BCUT2D eigenvalue weighted by Crippen LogP contribution is 2.47. The lowest BCUT2D eigenvalue weighted by molar-refractivity contribution is -0.125. The van der Waals surface area contributed by atoms with Crippen molar-refractivity contribution in [3.05, 3.63) is 22.1 Å². The number of nitrogens with one attached hydrogen (secondary N) is 2. The van der Waals surface area contributed by atoms with Gasteiger partial charge in [0.15, 0.2) is 0 Å². The van der Waals surface area contributed by atoms with Gasteiger partial charge in [0, 0.05) is 23.1 Å². The summed E-state index contributed by atoms with van der Waals surface area (Å²) in [6.45, 7) is 14.0. The summed E-state index contributed by atoms with van der Waals surface area (Å²) in [4.78, 5) is 38.0. The zero-order valence-corrected chi connectivity index (χ0v) is 22.3. The molecule has 0 saturated heterocycles. The van der Waals surface area contributed by atoms with Crippen LogP contribution in [0.1, 0.15) is 98.6 Å². The van der Waals surface area contributed by atoms with E-state index in [-0.39, 0.29) is 41.1 Å². The third-order valence-corrected chi connectivity index (χ3v) is 6.82. The summed E-state index contributed by atoms with van der Waals surface area (Å²) in [6.07, 6.45) is 4.28. The molecule has 3 saturated carbocycles. The Bertz CT molecular complexity index is 968. The quantitative estimate of drug-likeness (QED) is 0.572. The molecule has 0 atom stereocenters. The maximum Gasteiger partial charge on any atom is 0.408 e. The topological polar surface area (TPSA) is 112 Å². The molecule has 3 fully saturated rings. The second-order valence-corrected chi connectivity index (χ2v) is 12.0. The first kappa shape index (κ1) is 27.0. The summed E-state index contributed by atoms with van der Waals surface area (Å²) in [7, 11) is 0. The van der Waals surface area contributed by atoms with Crippen LogP contribution in [0.15, 0.2) is 10.9 Å². The van der Waals surface area contributed by atoms with Gasteiger partial charge >= 0.3 is 6.09 Å². The van der Waals surface area contributed by atoms with Crippen LogP contribution in [0.4, 0.5) is 4.79 Å². The molecule has 1 aromatic heterocycles. The molecule has 0 radical (unpaired) electrons. The number of alkyl carbamates (subject to hydrolysis) is 1. The van der Waals surface area contributed by atoms with Gasteiger partial charge in [-0.1, -0.05) is 27.7 Å². The van der Waals surface area contributed by atoms with E-state index in [1.807, 2.05) is 48.5 Å². The standard InChI is InChI=1S/C26H42N4O5/c1-17(2)16-34-19-14-21(32)30(29-22(19)18(3)4)15-20(31)27-25-8-11-26(12-9-25,13-10-25)28-23(33)35-24(5,6)7/h14,17-18H,8-13,15-16H2,1-7H3,(H,27,31)(H,28,33). The molecule has 3 aliphatic rings. The van der Waals surface area contributed by atoms with E-state index in [0.717, 1.165) is 38.5 Å². The van der Waals surface area contributed by atoms with Crippen molar-refractivity contribution in [1.29, 1.82) is 0 Å². The molecule has 2 bridgehead atoms. The van der Waals surface area contributed by atoms with E-state index < -0.39 is 5.60 Å². The lowest BCUT2D eigenvalue weighted by atomic mass is 9.61. The number of fused-ring (bicyclic) bond motifs is 3. The number of rotatable bonds is 8. The van der Waals surface area contributed by atoms with Crippen molar-refractivity contribution in [3.63, 3.8) is 0 Å². The Morgan fingerprint density at radius 3 is 2.06 bits per heavy atom. The Morgan fingerprint density at radius 2 is 1.57 bits per heavy atom. The molecule has 196 valence electrons. The van der Waals surface area contributed by atoms with Gasteiger partial charge in [-0.3, -0.25) is 9.59 Å². The van der Waals surface area contributed by atoms with Gasteiger partial charge in [-0.25, -0.2) is 9.48 Å². The fourth-order valence-corrected chi connectivity index (χ4v) is 4.93. The van der Waals surface area contributed by atoms with E-state index in [1.54, 1.807) is 0 Å². The molecule has 9 nitrogen and oxygen atoms in total. The Labute approximate surface area is 208 Å². The van der Waals surface area contributed by atoms with Crippen LogP contribution in [-0.2, 0) is 16.1 Å². The van der Waals surface area contributed by atoms with Crippen LogP contribution >= 0.6 is 0 Å². The highest BCUT2D eigenvalue weighted by atomic mass is 16.6. The predicted molar refractivity (Wildman–Crippen MR) is 134 cm³/mol. The van der Waals surface area contributed by atoms with Gasteiger partial charge in [0.1, 0.15) is 23.6 Å². The highest BCUT2D eigenvalue weighted by Gasteiger charge is 2.50. The molecule has 0 spiro atoms. The maximum atomic E-state index is 13.0. The van der Waals surface area contributed by atoms with Crippen LogP contribution in [-0.4, -0.2) is 45.1 Å². The van der Waals surface area contributed by atoms with Crippen molar-refractivity contribution in [3.8, 4) is 5.75 Å². The van der Waals surface area contributed by atoms with E-state index in [0.29, 0.717) is 24.0 Å². The number of carbonyl (C=O) groups is 2. The Hall–Kier alpha value is -2.58. The van der Waals surface area contributed by atoms with Gasteiger partial charge in [0.05, 0.1) is 6.61 Å². The molecule has 2 N–H and O–H groups in total. The van der Waals surface area contributed by atoms with Gasteiger partial charge in [0.25, 0.3) is 5.56 Å². The molecule has 3 aliphatic carbocycles. The van der Waals surface area contributed by atoms with E-state index >= 15 is 0 Å². The largest absolute Gasteiger partial charge is 0.491 e. The lowest BCUT2D eigenvalue weighted by Crippen LogP contribution is -2.64. The third kappa shape index (κ3) is 6.98. The Kier molecular flexibility index (Phi) is 7.86. The minimum atomic E-state index is -0.540. The molecular formula is C26H42N4O5. The molecule has 1 aromatic rings. The molecule has 0 aliphatic heterocycles. The average molecular weight is 491 g/mol. The van der Waals surface area contributed by atoms with Crippen molar-refractivity contribution in [2.24, 2.45) is 5.92 Å². The van der Waals surface area contributed by atoms with Crippen LogP contribution in [0.2, 0.25) is 0 Å². The zero-order valence-electron chi connectivity index (χ0n) is 22.3. The second-order valence-electron chi connectivity index (χ2n) is 12.0. The van der Waals surface area contributed by atoms with Gasteiger partial charge in [-0.2, -0.15) is 5.10 Å². The Morgan fingerprint density at radius 1 is 1.03 bits per heavy atom. The maximum absolute atomic E-state index is 13.0. The second kappa shape index (κ2) is 10.2. The first-order valence-electron chi connectivity index (χ1n) is 12.8. The summed E-state index contributed by atoms with van der Waals surface area (Å²) in [5.74, 6) is 0.640. The van der Waals surface area contributed by atoms with Crippen molar-refractivity contribution < 1.29 is 19.1 Å². The third-order valence-electron chi connectivity index (χ3n) is 6.82. The number of nitrogens with zero attached hydrogens (tertiary/aromatic N) is 2. The molecule has 0 unspecified atom stereocenters. The monoisotopic (exact) mass is 490 g/mol. The minimum absolute atomic E-state index is 0.0490. The van der Waals surface area contributed by atoms with E-state index in [1.165, 1.54) is 10.7 Å². The van der Waals surface area contributed by atoms with Crippen molar-refractivity contribution >= 4 is 12.0 Å². The molecule has 4 rings (SSSR count). The van der Waals surface area contributed by atoms with E-state index in [4.69, 9.17) is 9.47 Å². The fourth-order valence-electron chi connectivity index (χ4n) is 4.93. The number of carbonyl (C=O) groups excluding carboxylic acids is 2. The van der Waals surface area contributed by atoms with E-state index in [9.17, 15) is 14.4 Å². The van der Waals surface area contributed by atoms with Gasteiger partial charge in [-0.15, -0.1) is 0 Å². The Balaban J connectivity index is 1.62. The number of aromatic nitrogens is 2. The minimum Gasteiger partial charge on any atom is -0.491 e. The van der Waals surface area contributed by atoms with Crippen LogP contribution in [0, 0.1) is 5.92 Å². The predicted octanol–water partition coefficient (Wildman–Crippen LogP) is 3.89. The first-order valence-corrected chi connectivity index (χ1v) is 12.8. The van der Waals surface area contributed by atoms with Crippen LogP contribution in [0.5, 0.6) is 5.75 Å². The summed E-state index contributed by atoms with van der Waals surface area (Å²) >= 11 is 0. The van der Waals surface area contributed by atoms with E-state index in [2.05, 4.69) is 15.7 Å². The number of amides is 2.